The minimum absolute atomic E-state index is 0. The van der Waals surface area contributed by atoms with Gasteiger partial charge < -0.3 is 30.1 Å². The molecule has 1 aromatic carbocycles. The molecule has 1 atom stereocenters. The Morgan fingerprint density at radius 1 is 1.32 bits per heavy atom. The second kappa shape index (κ2) is 10.6. The third-order valence-corrected chi connectivity index (χ3v) is 5.08. The molecule has 0 spiro atoms. The first-order chi connectivity index (χ1) is 14.9. The van der Waals surface area contributed by atoms with Gasteiger partial charge in [0.25, 0.3) is 0 Å². The summed E-state index contributed by atoms with van der Waals surface area (Å²) >= 11 is 0. The van der Waals surface area contributed by atoms with E-state index in [4.69, 9.17) is 15.2 Å². The van der Waals surface area contributed by atoms with Crippen LogP contribution in [0.5, 0.6) is 0 Å². The second-order valence-corrected chi connectivity index (χ2v) is 7.27. The molecule has 0 fully saturated rings. The molecular weight excluding hydrogens is 397 g/mol. The van der Waals surface area contributed by atoms with E-state index >= 15 is 0 Å². The number of imidazole rings is 1. The van der Waals surface area contributed by atoms with Gasteiger partial charge in [-0.05, 0) is 39.6 Å². The van der Waals surface area contributed by atoms with Crippen molar-refractivity contribution in [1.29, 1.82) is 5.41 Å². The van der Waals surface area contributed by atoms with Crippen LogP contribution >= 0.6 is 0 Å². The highest BCUT2D eigenvalue weighted by atomic mass is 19.1. The fourth-order valence-electron chi connectivity index (χ4n) is 3.55. The van der Waals surface area contributed by atoms with Gasteiger partial charge in [0.15, 0.2) is 5.65 Å². The molecule has 0 aliphatic carbocycles. The van der Waals surface area contributed by atoms with Gasteiger partial charge in [-0.25, -0.2) is 14.4 Å². The summed E-state index contributed by atoms with van der Waals surface area (Å²) in [4.78, 5) is 19.5. The van der Waals surface area contributed by atoms with Gasteiger partial charge >= 0.3 is 0 Å². The van der Waals surface area contributed by atoms with Crippen molar-refractivity contribution in [2.45, 2.75) is 32.9 Å². The number of nitrogens with zero attached hydrogens (tertiary/aromatic N) is 4. The van der Waals surface area contributed by atoms with E-state index in [1.165, 1.54) is 12.3 Å². The van der Waals surface area contributed by atoms with E-state index in [0.717, 1.165) is 23.5 Å². The van der Waals surface area contributed by atoms with Gasteiger partial charge in [-0.15, -0.1) is 0 Å². The van der Waals surface area contributed by atoms with Crippen molar-refractivity contribution >= 4 is 30.2 Å². The molecule has 0 amide bonds. The number of fused-ring (bicyclic) bond motifs is 1. The molecule has 9 heteroatoms. The number of carbonyl (C=O) groups excluding carboxylic acids is 1. The maximum absolute atomic E-state index is 14.4. The molecular formula is C22H32FN7O. The number of benzene rings is 1. The van der Waals surface area contributed by atoms with E-state index in [1.54, 1.807) is 13.1 Å². The van der Waals surface area contributed by atoms with Gasteiger partial charge in [-0.2, -0.15) is 0 Å². The largest absolute Gasteiger partial charge is 0.388 e. The zero-order valence-corrected chi connectivity index (χ0v) is 18.7. The van der Waals surface area contributed by atoms with Crippen LogP contribution < -0.4 is 10.6 Å². The second-order valence-electron chi connectivity index (χ2n) is 7.27. The summed E-state index contributed by atoms with van der Waals surface area (Å²) in [5, 5.41) is 13.6. The van der Waals surface area contributed by atoms with Crippen LogP contribution in [0.4, 0.5) is 15.9 Å². The third-order valence-electron chi connectivity index (χ3n) is 5.08. The van der Waals surface area contributed by atoms with E-state index in [1.807, 2.05) is 44.6 Å². The normalized spacial score (nSPS) is 11.7. The number of anilines is 2. The molecule has 8 nitrogen and oxygen atoms in total. The first-order valence-electron chi connectivity index (χ1n) is 9.94. The molecule has 3 N–H and O–H groups in total. The van der Waals surface area contributed by atoms with Gasteiger partial charge in [-0.1, -0.05) is 6.92 Å². The number of nitrogens with one attached hydrogen (secondary N) is 3. The Bertz CT molecular complexity index is 1050. The van der Waals surface area contributed by atoms with Crippen LogP contribution in [0.3, 0.4) is 0 Å². The molecule has 31 heavy (non-hydrogen) atoms. The third kappa shape index (κ3) is 5.24. The minimum atomic E-state index is -0.327. The SMILES string of the molecule is C=O.CC[C@H](c1cn2cc(NCc3cc(C=N)c(NC)cc3F)nc(C)c2n1)N(C)C.[HH]. The lowest BCUT2D eigenvalue weighted by atomic mass is 10.1. The van der Waals surface area contributed by atoms with Crippen molar-refractivity contribution in [3.8, 4) is 0 Å². The highest BCUT2D eigenvalue weighted by Crippen LogP contribution is 2.24. The molecule has 0 unspecified atom stereocenters. The topological polar surface area (TPSA) is 98.4 Å². The van der Waals surface area contributed by atoms with E-state index in [-0.39, 0.29) is 19.8 Å². The molecule has 0 radical (unpaired) electrons. The predicted molar refractivity (Wildman–Crippen MR) is 125 cm³/mol. The van der Waals surface area contributed by atoms with Crippen LogP contribution in [0.25, 0.3) is 5.65 Å². The van der Waals surface area contributed by atoms with E-state index in [9.17, 15) is 4.39 Å². The number of hydrogen-bond donors (Lipinski definition) is 3. The summed E-state index contributed by atoms with van der Waals surface area (Å²) < 4.78 is 16.4. The van der Waals surface area contributed by atoms with Crippen molar-refractivity contribution in [3.63, 3.8) is 0 Å². The highest BCUT2D eigenvalue weighted by molar-refractivity contribution is 5.86. The first-order valence-corrected chi connectivity index (χ1v) is 9.94. The number of hydrogen-bond acceptors (Lipinski definition) is 7. The summed E-state index contributed by atoms with van der Waals surface area (Å²) in [6, 6.07) is 3.32. The number of rotatable bonds is 8. The Morgan fingerprint density at radius 3 is 2.61 bits per heavy atom. The van der Waals surface area contributed by atoms with Crippen molar-refractivity contribution in [1.82, 2.24) is 19.3 Å². The summed E-state index contributed by atoms with van der Waals surface area (Å²) in [7, 11) is 5.81. The fraction of sp³-hybridized carbons (Fsp3) is 0.364. The lowest BCUT2D eigenvalue weighted by molar-refractivity contribution is -0.0979. The van der Waals surface area contributed by atoms with Crippen LogP contribution in [-0.4, -0.2) is 53.4 Å². The number of halogens is 1. The average molecular weight is 430 g/mol. The summed E-state index contributed by atoms with van der Waals surface area (Å²) in [5.41, 5.74) is 4.34. The number of aryl methyl sites for hydroxylation is 1. The quantitative estimate of drug-likeness (QED) is 0.470. The fourth-order valence-corrected chi connectivity index (χ4v) is 3.55. The highest BCUT2D eigenvalue weighted by Gasteiger charge is 2.17. The molecule has 2 heterocycles. The minimum Gasteiger partial charge on any atom is -0.388 e. The molecule has 2 aromatic heterocycles. The van der Waals surface area contributed by atoms with E-state index < -0.39 is 0 Å². The lowest BCUT2D eigenvalue weighted by Gasteiger charge is -2.20. The Kier molecular flexibility index (Phi) is 8.21. The zero-order valence-electron chi connectivity index (χ0n) is 18.7. The summed E-state index contributed by atoms with van der Waals surface area (Å²) in [6.07, 6.45) is 6.08. The molecule has 0 aliphatic heterocycles. The Morgan fingerprint density at radius 2 is 2.03 bits per heavy atom. The van der Waals surface area contributed by atoms with E-state index in [2.05, 4.69) is 27.4 Å². The molecule has 0 saturated carbocycles. The van der Waals surface area contributed by atoms with Crippen molar-refractivity contribution in [2.24, 2.45) is 0 Å². The smallest absolute Gasteiger partial charge is 0.158 e. The van der Waals surface area contributed by atoms with Crippen LogP contribution in [0, 0.1) is 18.2 Å². The lowest BCUT2D eigenvalue weighted by Crippen LogP contribution is -2.19. The molecule has 3 aromatic rings. The van der Waals surface area contributed by atoms with Gasteiger partial charge in [-0.3, -0.25) is 0 Å². The first kappa shape index (κ1) is 23.9. The van der Waals surface area contributed by atoms with Gasteiger partial charge in [0.2, 0.25) is 0 Å². The monoisotopic (exact) mass is 429 g/mol. The standard InChI is InChI=1S/C21H28FN7.CH2O.H2/c1-6-19(28(4)5)18-11-29-12-20(26-13(2)21(29)27-18)25-10-15-7-14(9-23)17(24-3)8-16(15)22;1-2;/h7-9,11-12,19,23-25H,6,10H2,1-5H3;1H2;1H/t19-;;/m1../s1. The number of carbonyl (C=O) groups is 1. The van der Waals surface area contributed by atoms with Gasteiger partial charge in [0.1, 0.15) is 18.4 Å². The Hall–Kier alpha value is -3.33. The van der Waals surface area contributed by atoms with Crippen molar-refractivity contribution < 1.29 is 10.6 Å². The summed E-state index contributed by atoms with van der Waals surface area (Å²) in [5.74, 6) is 0.317. The number of aromatic nitrogens is 3. The molecule has 168 valence electrons. The van der Waals surface area contributed by atoms with Crippen LogP contribution in [0.15, 0.2) is 24.5 Å². The maximum atomic E-state index is 14.4. The van der Waals surface area contributed by atoms with Gasteiger partial charge in [0.05, 0.1) is 23.6 Å². The van der Waals surface area contributed by atoms with Crippen LogP contribution in [-0.2, 0) is 11.3 Å². The van der Waals surface area contributed by atoms with Crippen LogP contribution in [0.1, 0.15) is 43.3 Å². The Balaban J connectivity index is 0.00000166. The maximum Gasteiger partial charge on any atom is 0.158 e. The van der Waals surface area contributed by atoms with Crippen molar-refractivity contribution in [3.05, 3.63) is 52.9 Å². The summed E-state index contributed by atoms with van der Waals surface area (Å²) in [6.45, 7) is 6.33. The molecule has 0 aliphatic rings. The molecule has 0 saturated heterocycles. The van der Waals surface area contributed by atoms with Gasteiger partial charge in [0, 0.05) is 44.2 Å². The average Bonchev–Trinajstić information content (AvgIpc) is 3.18. The molecule has 0 bridgehead atoms. The van der Waals surface area contributed by atoms with Crippen molar-refractivity contribution in [2.75, 3.05) is 31.8 Å². The molecule has 3 rings (SSSR count). The zero-order chi connectivity index (χ0) is 23.1. The Labute approximate surface area is 183 Å². The van der Waals surface area contributed by atoms with E-state index in [0.29, 0.717) is 22.6 Å². The predicted octanol–water partition coefficient (Wildman–Crippen LogP) is 3.90. The van der Waals surface area contributed by atoms with Crippen LogP contribution in [0.2, 0.25) is 0 Å².